The Labute approximate surface area is 105 Å². The molecule has 0 aliphatic carbocycles. The molecule has 9 nitrogen and oxygen atoms in total. The topological polar surface area (TPSA) is 139 Å². The van der Waals surface area contributed by atoms with E-state index in [2.05, 4.69) is 0 Å². The zero-order valence-corrected chi connectivity index (χ0v) is 9.31. The average Bonchev–Trinajstić information content (AvgIpc) is 2.96. The highest BCUT2D eigenvalue weighted by Crippen LogP contribution is 2.23. The molecule has 0 saturated carbocycles. The predicted molar refractivity (Wildman–Crippen MR) is 62.8 cm³/mol. The molecule has 2 aromatic heterocycles. The van der Waals surface area contributed by atoms with E-state index < -0.39 is 21.6 Å². The van der Waals surface area contributed by atoms with E-state index in [-0.39, 0.29) is 17.2 Å². The number of hydrogen-bond acceptors (Lipinski definition) is 7. The molecule has 0 aliphatic rings. The lowest BCUT2D eigenvalue weighted by molar-refractivity contribution is -0.402. The highest BCUT2D eigenvalue weighted by atomic mass is 16.7. The molecule has 2 N–H and O–H groups in total. The fraction of sp³-hybridized carbons (Fsp3) is 0. The molecule has 0 atom stereocenters. The van der Waals surface area contributed by atoms with Crippen molar-refractivity contribution >= 4 is 23.5 Å². The van der Waals surface area contributed by atoms with Crippen LogP contribution in [0.5, 0.6) is 0 Å². The quantitative estimate of drug-likeness (QED) is 0.659. The Balaban J connectivity index is 2.25. The molecule has 2 heterocycles. The van der Waals surface area contributed by atoms with Gasteiger partial charge in [-0.3, -0.25) is 20.2 Å². The lowest BCUT2D eigenvalue weighted by Gasteiger charge is -1.93. The molecule has 9 heteroatoms. The van der Waals surface area contributed by atoms with Crippen LogP contribution in [0.3, 0.4) is 0 Å². The van der Waals surface area contributed by atoms with E-state index in [0.717, 1.165) is 6.07 Å². The van der Waals surface area contributed by atoms with Gasteiger partial charge in [-0.05, 0) is 12.1 Å². The highest BCUT2D eigenvalue weighted by molar-refractivity contribution is 5.75. The van der Waals surface area contributed by atoms with Gasteiger partial charge in [0, 0.05) is 6.08 Å². The van der Waals surface area contributed by atoms with Gasteiger partial charge in [0.25, 0.3) is 0 Å². The van der Waals surface area contributed by atoms with Crippen LogP contribution in [-0.2, 0) is 0 Å². The average molecular weight is 265 g/mol. The minimum absolute atomic E-state index is 0.0531. The number of nitrogens with zero attached hydrogens (tertiary/aromatic N) is 2. The van der Waals surface area contributed by atoms with Gasteiger partial charge in [0.1, 0.15) is 15.6 Å². The molecule has 0 aromatic carbocycles. The Morgan fingerprint density at radius 2 is 1.63 bits per heavy atom. The Bertz CT molecular complexity index is 668. The van der Waals surface area contributed by atoms with Gasteiger partial charge in [-0.1, -0.05) is 0 Å². The van der Waals surface area contributed by atoms with Crippen molar-refractivity contribution in [2.24, 2.45) is 5.73 Å². The Morgan fingerprint density at radius 1 is 1.05 bits per heavy atom. The van der Waals surface area contributed by atoms with Crippen molar-refractivity contribution in [3.8, 4) is 0 Å². The molecular weight excluding hydrogens is 258 g/mol. The number of nitro groups is 2. The van der Waals surface area contributed by atoms with Crippen LogP contribution in [0, 0.1) is 20.2 Å². The first-order valence-electron chi connectivity index (χ1n) is 4.93. The van der Waals surface area contributed by atoms with Crippen LogP contribution >= 0.6 is 0 Å². The monoisotopic (exact) mass is 265 g/mol. The van der Waals surface area contributed by atoms with E-state index in [0.29, 0.717) is 0 Å². The first-order valence-corrected chi connectivity index (χ1v) is 4.93. The van der Waals surface area contributed by atoms with Crippen LogP contribution in [0.4, 0.5) is 11.8 Å². The lowest BCUT2D eigenvalue weighted by atomic mass is 10.3. The summed E-state index contributed by atoms with van der Waals surface area (Å²) in [6.07, 6.45) is 1.27. The van der Waals surface area contributed by atoms with E-state index in [1.54, 1.807) is 0 Å². The van der Waals surface area contributed by atoms with Gasteiger partial charge < -0.3 is 14.6 Å². The van der Waals surface area contributed by atoms with Crippen LogP contribution in [0.1, 0.15) is 11.5 Å². The van der Waals surface area contributed by atoms with Gasteiger partial charge in [-0.25, -0.2) is 0 Å². The molecule has 0 unspecified atom stereocenters. The summed E-state index contributed by atoms with van der Waals surface area (Å²) in [6.45, 7) is 0. The van der Waals surface area contributed by atoms with Crippen molar-refractivity contribution in [1.82, 2.24) is 0 Å². The molecular formula is C10H7N3O6. The van der Waals surface area contributed by atoms with Gasteiger partial charge >= 0.3 is 11.8 Å². The van der Waals surface area contributed by atoms with E-state index in [1.807, 2.05) is 0 Å². The standard InChI is InChI=1S/C10H7N3O6/c11-7(8-2-4-10(19-8)13(16)17)5-6-1-3-9(18-6)12(14)15/h1-5H,11H2/b7-5-. The SMILES string of the molecule is N/C(=C\c1ccc([N+](=O)[O-])o1)c1ccc([N+](=O)[O-])o1. The van der Waals surface area contributed by atoms with Crippen molar-refractivity contribution < 1.29 is 18.7 Å². The van der Waals surface area contributed by atoms with Gasteiger partial charge in [-0.2, -0.15) is 0 Å². The molecule has 0 bridgehead atoms. The molecule has 0 spiro atoms. The van der Waals surface area contributed by atoms with Crippen molar-refractivity contribution in [1.29, 1.82) is 0 Å². The van der Waals surface area contributed by atoms with E-state index in [4.69, 9.17) is 14.6 Å². The third-order valence-electron chi connectivity index (χ3n) is 2.15. The number of rotatable bonds is 4. The smallest absolute Gasteiger partial charge is 0.401 e. The van der Waals surface area contributed by atoms with Crippen molar-refractivity contribution in [3.63, 3.8) is 0 Å². The Morgan fingerprint density at radius 3 is 2.16 bits per heavy atom. The zero-order chi connectivity index (χ0) is 14.0. The fourth-order valence-corrected chi connectivity index (χ4v) is 1.32. The summed E-state index contributed by atoms with van der Waals surface area (Å²) in [5.74, 6) is -0.657. The molecule has 0 fully saturated rings. The predicted octanol–water partition coefficient (Wildman–Crippen LogP) is 2.15. The lowest BCUT2D eigenvalue weighted by Crippen LogP contribution is -1.93. The van der Waals surface area contributed by atoms with E-state index in [1.165, 1.54) is 24.3 Å². The van der Waals surface area contributed by atoms with Crippen molar-refractivity contribution in [2.45, 2.75) is 0 Å². The summed E-state index contributed by atoms with van der Waals surface area (Å²) in [4.78, 5) is 19.5. The summed E-state index contributed by atoms with van der Waals surface area (Å²) >= 11 is 0. The van der Waals surface area contributed by atoms with Crippen LogP contribution < -0.4 is 5.73 Å². The summed E-state index contributed by atoms with van der Waals surface area (Å²) in [5.41, 5.74) is 5.69. The molecule has 2 rings (SSSR count). The second kappa shape index (κ2) is 4.64. The first-order chi connectivity index (χ1) is 8.97. The van der Waals surface area contributed by atoms with Gasteiger partial charge in [0.15, 0.2) is 5.76 Å². The minimum Gasteiger partial charge on any atom is -0.401 e. The maximum absolute atomic E-state index is 10.4. The van der Waals surface area contributed by atoms with Crippen molar-refractivity contribution in [3.05, 3.63) is 56.0 Å². The molecule has 19 heavy (non-hydrogen) atoms. The fourth-order valence-electron chi connectivity index (χ4n) is 1.32. The second-order valence-electron chi connectivity index (χ2n) is 3.43. The highest BCUT2D eigenvalue weighted by Gasteiger charge is 2.15. The van der Waals surface area contributed by atoms with Crippen LogP contribution in [0.15, 0.2) is 33.1 Å². The third kappa shape index (κ3) is 2.60. The number of furan rings is 2. The molecule has 2 aromatic rings. The first kappa shape index (κ1) is 12.4. The minimum atomic E-state index is -0.700. The maximum Gasteiger partial charge on any atom is 0.433 e. The Hall–Kier alpha value is -3.10. The molecule has 0 radical (unpaired) electrons. The molecule has 98 valence electrons. The summed E-state index contributed by atoms with van der Waals surface area (Å²) < 4.78 is 9.73. The normalized spacial score (nSPS) is 11.5. The molecule has 0 amide bonds. The van der Waals surface area contributed by atoms with E-state index >= 15 is 0 Å². The van der Waals surface area contributed by atoms with Crippen LogP contribution in [-0.4, -0.2) is 9.85 Å². The summed E-state index contributed by atoms with van der Waals surface area (Å²) in [5, 5.41) is 20.8. The van der Waals surface area contributed by atoms with Gasteiger partial charge in [0.05, 0.1) is 17.8 Å². The Kier molecular flexibility index (Phi) is 3.02. The van der Waals surface area contributed by atoms with E-state index in [9.17, 15) is 20.2 Å². The zero-order valence-electron chi connectivity index (χ0n) is 9.31. The van der Waals surface area contributed by atoms with Gasteiger partial charge in [-0.15, -0.1) is 0 Å². The summed E-state index contributed by atoms with van der Waals surface area (Å²) in [7, 11) is 0. The molecule has 0 saturated heterocycles. The second-order valence-corrected chi connectivity index (χ2v) is 3.43. The van der Waals surface area contributed by atoms with Crippen LogP contribution in [0.25, 0.3) is 11.8 Å². The third-order valence-corrected chi connectivity index (χ3v) is 2.15. The largest absolute Gasteiger partial charge is 0.433 e. The summed E-state index contributed by atoms with van der Waals surface area (Å²) in [6, 6.07) is 4.99. The number of hydrogen-bond donors (Lipinski definition) is 1. The van der Waals surface area contributed by atoms with Gasteiger partial charge in [0.2, 0.25) is 0 Å². The maximum atomic E-state index is 10.4. The molecule has 0 aliphatic heterocycles. The number of nitrogens with two attached hydrogens (primary N) is 1. The van der Waals surface area contributed by atoms with Crippen LogP contribution in [0.2, 0.25) is 0 Å². The van der Waals surface area contributed by atoms with Crippen molar-refractivity contribution in [2.75, 3.05) is 0 Å².